The Hall–Kier alpha value is -1.29. The highest BCUT2D eigenvalue weighted by molar-refractivity contribution is 5.45. The number of anilines is 1. The van der Waals surface area contributed by atoms with Crippen molar-refractivity contribution in [3.8, 4) is 5.88 Å². The highest BCUT2D eigenvalue weighted by Gasteiger charge is 2.17. The largest absolute Gasteiger partial charge is 0.473 e. The van der Waals surface area contributed by atoms with E-state index in [1.165, 1.54) is 24.9 Å². The average Bonchev–Trinajstić information content (AvgIpc) is 2.94. The minimum absolute atomic E-state index is 0.290. The van der Waals surface area contributed by atoms with Gasteiger partial charge in [-0.3, -0.25) is 0 Å². The summed E-state index contributed by atoms with van der Waals surface area (Å²) in [6.45, 7) is 4.31. The highest BCUT2D eigenvalue weighted by Crippen LogP contribution is 2.21. The lowest BCUT2D eigenvalue weighted by molar-refractivity contribution is 0.214. The molecule has 2 aliphatic rings. The molecule has 4 heteroatoms. The van der Waals surface area contributed by atoms with E-state index in [-0.39, 0.29) is 0 Å². The number of hydrogen-bond acceptors (Lipinski definition) is 4. The average molecular weight is 247 g/mol. The third kappa shape index (κ3) is 2.75. The Morgan fingerprint density at radius 2 is 2.11 bits per heavy atom. The number of piperidine rings is 1. The van der Waals surface area contributed by atoms with E-state index >= 15 is 0 Å². The van der Waals surface area contributed by atoms with Gasteiger partial charge in [0.25, 0.3) is 0 Å². The van der Waals surface area contributed by atoms with Gasteiger partial charge in [0, 0.05) is 25.7 Å². The first kappa shape index (κ1) is 11.8. The number of rotatable bonds is 3. The maximum absolute atomic E-state index is 5.83. The molecule has 3 heterocycles. The smallest absolute Gasteiger partial charge is 0.213 e. The van der Waals surface area contributed by atoms with E-state index in [0.29, 0.717) is 6.10 Å². The molecule has 0 bridgehead atoms. The maximum Gasteiger partial charge on any atom is 0.213 e. The molecule has 1 unspecified atom stereocenters. The van der Waals surface area contributed by atoms with Crippen molar-refractivity contribution in [2.24, 2.45) is 0 Å². The van der Waals surface area contributed by atoms with E-state index in [4.69, 9.17) is 4.74 Å². The summed E-state index contributed by atoms with van der Waals surface area (Å²) in [5.74, 6) is 0.754. The number of pyridine rings is 1. The molecule has 3 rings (SSSR count). The summed E-state index contributed by atoms with van der Waals surface area (Å²) in [6.07, 6.45) is 7.27. The lowest BCUT2D eigenvalue weighted by Crippen LogP contribution is -2.29. The summed E-state index contributed by atoms with van der Waals surface area (Å²) in [5, 5.41) is 3.29. The van der Waals surface area contributed by atoms with Gasteiger partial charge in [-0.25, -0.2) is 4.98 Å². The molecule has 1 N–H and O–H groups in total. The first-order chi connectivity index (χ1) is 8.92. The van der Waals surface area contributed by atoms with Gasteiger partial charge < -0.3 is 15.0 Å². The zero-order chi connectivity index (χ0) is 12.2. The number of aromatic nitrogens is 1. The Labute approximate surface area is 108 Å². The van der Waals surface area contributed by atoms with E-state index < -0.39 is 0 Å². The van der Waals surface area contributed by atoms with Gasteiger partial charge in [-0.1, -0.05) is 0 Å². The summed E-state index contributed by atoms with van der Waals surface area (Å²) >= 11 is 0. The topological polar surface area (TPSA) is 37.4 Å². The van der Waals surface area contributed by atoms with E-state index in [2.05, 4.69) is 21.3 Å². The molecule has 0 saturated carbocycles. The summed E-state index contributed by atoms with van der Waals surface area (Å²) in [5.41, 5.74) is 1.23. The molecule has 1 aromatic rings. The SMILES string of the molecule is c1cc(OC2CCNC2)ncc1N1CCCCC1. The van der Waals surface area contributed by atoms with Crippen molar-refractivity contribution in [2.45, 2.75) is 31.8 Å². The fourth-order valence-corrected chi connectivity index (χ4v) is 2.68. The summed E-state index contributed by atoms with van der Waals surface area (Å²) < 4.78 is 5.83. The molecule has 18 heavy (non-hydrogen) atoms. The lowest BCUT2D eigenvalue weighted by atomic mass is 10.1. The second kappa shape index (κ2) is 5.57. The molecule has 4 nitrogen and oxygen atoms in total. The van der Waals surface area contributed by atoms with Crippen LogP contribution in [-0.2, 0) is 0 Å². The molecule has 2 saturated heterocycles. The molecule has 0 spiro atoms. The Kier molecular flexibility index (Phi) is 3.64. The van der Waals surface area contributed by atoms with Crippen molar-refractivity contribution >= 4 is 5.69 Å². The van der Waals surface area contributed by atoms with Crippen LogP contribution in [0.25, 0.3) is 0 Å². The Morgan fingerprint density at radius 3 is 2.78 bits per heavy atom. The van der Waals surface area contributed by atoms with Crippen molar-refractivity contribution < 1.29 is 4.74 Å². The van der Waals surface area contributed by atoms with Crippen LogP contribution in [0.2, 0.25) is 0 Å². The molecule has 0 aromatic carbocycles. The molecule has 0 amide bonds. The van der Waals surface area contributed by atoms with E-state index in [1.807, 2.05) is 12.3 Å². The number of hydrogen-bond donors (Lipinski definition) is 1. The minimum Gasteiger partial charge on any atom is -0.473 e. The van der Waals surface area contributed by atoms with Crippen molar-refractivity contribution in [1.29, 1.82) is 0 Å². The molecule has 0 aliphatic carbocycles. The fraction of sp³-hybridized carbons (Fsp3) is 0.643. The van der Waals surface area contributed by atoms with E-state index in [1.54, 1.807) is 0 Å². The molecule has 98 valence electrons. The van der Waals surface area contributed by atoms with Crippen LogP contribution >= 0.6 is 0 Å². The normalized spacial score (nSPS) is 24.2. The Bertz CT molecular complexity index is 367. The van der Waals surface area contributed by atoms with Crippen molar-refractivity contribution in [3.63, 3.8) is 0 Å². The third-order valence-corrected chi connectivity index (χ3v) is 3.74. The fourth-order valence-electron chi connectivity index (χ4n) is 2.68. The Balaban J connectivity index is 1.60. The van der Waals surface area contributed by atoms with Gasteiger partial charge in [0.05, 0.1) is 11.9 Å². The Morgan fingerprint density at radius 1 is 1.22 bits per heavy atom. The van der Waals surface area contributed by atoms with Gasteiger partial charge in [0.1, 0.15) is 6.10 Å². The van der Waals surface area contributed by atoms with Gasteiger partial charge >= 0.3 is 0 Å². The first-order valence-corrected chi connectivity index (χ1v) is 7.00. The highest BCUT2D eigenvalue weighted by atomic mass is 16.5. The number of nitrogens with zero attached hydrogens (tertiary/aromatic N) is 2. The molecular weight excluding hydrogens is 226 g/mol. The standard InChI is InChI=1S/C14H21N3O/c1-2-8-17(9-3-1)12-4-5-14(16-10-12)18-13-6-7-15-11-13/h4-5,10,13,15H,1-3,6-9,11H2. The van der Waals surface area contributed by atoms with Crippen LogP contribution in [0.3, 0.4) is 0 Å². The zero-order valence-corrected chi connectivity index (χ0v) is 10.8. The van der Waals surface area contributed by atoms with Crippen LogP contribution in [0.1, 0.15) is 25.7 Å². The molecule has 2 fully saturated rings. The van der Waals surface area contributed by atoms with Crippen LogP contribution in [-0.4, -0.2) is 37.3 Å². The van der Waals surface area contributed by atoms with Crippen LogP contribution in [0.15, 0.2) is 18.3 Å². The monoisotopic (exact) mass is 247 g/mol. The third-order valence-electron chi connectivity index (χ3n) is 3.74. The quantitative estimate of drug-likeness (QED) is 0.884. The van der Waals surface area contributed by atoms with Gasteiger partial charge in [0.2, 0.25) is 5.88 Å². The molecule has 0 radical (unpaired) electrons. The summed E-state index contributed by atoms with van der Waals surface area (Å²) in [6, 6.07) is 4.14. The summed E-state index contributed by atoms with van der Waals surface area (Å²) in [4.78, 5) is 6.84. The number of nitrogens with one attached hydrogen (secondary N) is 1. The zero-order valence-electron chi connectivity index (χ0n) is 10.8. The van der Waals surface area contributed by atoms with Crippen LogP contribution < -0.4 is 15.0 Å². The lowest BCUT2D eigenvalue weighted by Gasteiger charge is -2.28. The maximum atomic E-state index is 5.83. The molecule has 2 aliphatic heterocycles. The van der Waals surface area contributed by atoms with Crippen LogP contribution in [0, 0.1) is 0 Å². The van der Waals surface area contributed by atoms with Crippen molar-refractivity contribution in [2.75, 3.05) is 31.1 Å². The van der Waals surface area contributed by atoms with Crippen molar-refractivity contribution in [1.82, 2.24) is 10.3 Å². The molecular formula is C14H21N3O. The van der Waals surface area contributed by atoms with Gasteiger partial charge in [-0.2, -0.15) is 0 Å². The van der Waals surface area contributed by atoms with Crippen LogP contribution in [0.4, 0.5) is 5.69 Å². The van der Waals surface area contributed by atoms with Gasteiger partial charge in [-0.15, -0.1) is 0 Å². The minimum atomic E-state index is 0.290. The van der Waals surface area contributed by atoms with Crippen LogP contribution in [0.5, 0.6) is 5.88 Å². The summed E-state index contributed by atoms with van der Waals surface area (Å²) in [7, 11) is 0. The predicted octanol–water partition coefficient (Wildman–Crippen LogP) is 1.81. The van der Waals surface area contributed by atoms with Gasteiger partial charge in [-0.05, 0) is 38.3 Å². The predicted molar refractivity (Wildman–Crippen MR) is 72.2 cm³/mol. The number of ether oxygens (including phenoxy) is 1. The van der Waals surface area contributed by atoms with E-state index in [9.17, 15) is 0 Å². The second-order valence-corrected chi connectivity index (χ2v) is 5.14. The molecule has 1 aromatic heterocycles. The van der Waals surface area contributed by atoms with E-state index in [0.717, 1.165) is 38.5 Å². The molecule has 1 atom stereocenters. The second-order valence-electron chi connectivity index (χ2n) is 5.14. The first-order valence-electron chi connectivity index (χ1n) is 7.00. The van der Waals surface area contributed by atoms with Gasteiger partial charge in [0.15, 0.2) is 0 Å². The van der Waals surface area contributed by atoms with Crippen molar-refractivity contribution in [3.05, 3.63) is 18.3 Å².